The Kier molecular flexibility index (Phi) is 9.30. The topological polar surface area (TPSA) is 82.1 Å². The summed E-state index contributed by atoms with van der Waals surface area (Å²) in [5.74, 6) is -4.72. The van der Waals surface area contributed by atoms with Crippen molar-refractivity contribution in [2.45, 2.75) is 56.7 Å². The number of carbonyl (C=O) groups is 2. The van der Waals surface area contributed by atoms with Gasteiger partial charge < -0.3 is 20.1 Å². The molecule has 11 heteroatoms. The zero-order chi connectivity index (χ0) is 32.4. The number of benzene rings is 3. The van der Waals surface area contributed by atoms with E-state index in [4.69, 9.17) is 4.74 Å². The Labute approximate surface area is 264 Å². The van der Waals surface area contributed by atoms with Gasteiger partial charge in [0.1, 0.15) is 5.82 Å². The Morgan fingerprint density at radius 3 is 2.26 bits per heavy atom. The lowest BCUT2D eigenvalue weighted by Crippen LogP contribution is -2.63. The molecule has 3 aromatic carbocycles. The highest BCUT2D eigenvalue weighted by atomic mass is 19.2. The maximum absolute atomic E-state index is 14.4. The molecule has 0 unspecified atom stereocenters. The molecule has 1 saturated carbocycles. The van der Waals surface area contributed by atoms with Crippen molar-refractivity contribution in [3.8, 4) is 5.75 Å². The van der Waals surface area contributed by atoms with Gasteiger partial charge in [0.2, 0.25) is 5.82 Å². The standard InChI is InChI=1S/C35H35F4N3O4/c36-24-9-5-22(6-10-24)15-16-41(25-11-12-25)34(43)31-27(18-26-19-40-20-30(31)42(26)35(44)45)23-7-3-21(4-8-23)2-1-17-46-33-29(38)14-13-28(37)32(33)39/h3-10,13-14,25-26,30,40H,1-2,11-12,15-20H2,(H,44,45)/t26-,30-/m1/s1. The molecule has 0 spiro atoms. The summed E-state index contributed by atoms with van der Waals surface area (Å²) in [5, 5.41) is 13.5. The molecule has 2 fully saturated rings. The first-order chi connectivity index (χ1) is 22.2. The van der Waals surface area contributed by atoms with Gasteiger partial charge >= 0.3 is 6.09 Å². The third kappa shape index (κ3) is 6.74. The van der Waals surface area contributed by atoms with Crippen molar-refractivity contribution >= 4 is 17.6 Å². The zero-order valence-corrected chi connectivity index (χ0v) is 25.2. The molecular formula is C35H35F4N3O4. The minimum Gasteiger partial charge on any atom is -0.488 e. The number of halogens is 4. The van der Waals surface area contributed by atoms with Crippen LogP contribution in [0.5, 0.6) is 5.75 Å². The molecule has 2 heterocycles. The number of piperazine rings is 1. The molecule has 2 amide bonds. The molecule has 0 radical (unpaired) electrons. The van der Waals surface area contributed by atoms with Crippen LogP contribution in [0.1, 0.15) is 42.4 Å². The summed E-state index contributed by atoms with van der Waals surface area (Å²) in [6, 6.07) is 14.5. The Balaban J connectivity index is 1.22. The number of hydrogen-bond donors (Lipinski definition) is 2. The summed E-state index contributed by atoms with van der Waals surface area (Å²) >= 11 is 0. The summed E-state index contributed by atoms with van der Waals surface area (Å²) in [6.45, 7) is 1.23. The monoisotopic (exact) mass is 637 g/mol. The predicted octanol–water partition coefficient (Wildman–Crippen LogP) is 5.97. The smallest absolute Gasteiger partial charge is 0.408 e. The van der Waals surface area contributed by atoms with E-state index in [1.54, 1.807) is 12.1 Å². The maximum atomic E-state index is 14.4. The number of carbonyl (C=O) groups excluding carboxylic acids is 1. The van der Waals surface area contributed by atoms with E-state index in [1.807, 2.05) is 29.2 Å². The number of aryl methyl sites for hydroxylation is 1. The fourth-order valence-corrected chi connectivity index (χ4v) is 6.49. The van der Waals surface area contributed by atoms with Gasteiger partial charge in [-0.1, -0.05) is 36.4 Å². The van der Waals surface area contributed by atoms with Crippen LogP contribution in [0.2, 0.25) is 0 Å². The average molecular weight is 638 g/mol. The summed E-state index contributed by atoms with van der Waals surface area (Å²) < 4.78 is 59.8. The summed E-state index contributed by atoms with van der Waals surface area (Å²) in [4.78, 5) is 30.1. The summed E-state index contributed by atoms with van der Waals surface area (Å²) in [5.41, 5.74) is 4.00. The number of fused-ring (bicyclic) bond motifs is 2. The van der Waals surface area contributed by atoms with Crippen LogP contribution in [-0.4, -0.2) is 71.3 Å². The normalized spacial score (nSPS) is 19.3. The van der Waals surface area contributed by atoms with E-state index in [0.29, 0.717) is 57.0 Å². The van der Waals surface area contributed by atoms with Crippen LogP contribution in [0.15, 0.2) is 66.2 Å². The van der Waals surface area contributed by atoms with Crippen molar-refractivity contribution in [2.24, 2.45) is 0 Å². The minimum absolute atomic E-state index is 0.0147. The lowest BCUT2D eigenvalue weighted by atomic mass is 9.81. The van der Waals surface area contributed by atoms with E-state index < -0.39 is 35.3 Å². The third-order valence-corrected chi connectivity index (χ3v) is 8.96. The van der Waals surface area contributed by atoms with E-state index in [2.05, 4.69) is 5.32 Å². The molecule has 2 aliphatic heterocycles. The third-order valence-electron chi connectivity index (χ3n) is 8.96. The van der Waals surface area contributed by atoms with E-state index >= 15 is 0 Å². The second-order valence-corrected chi connectivity index (χ2v) is 12.0. The molecule has 1 aliphatic carbocycles. The van der Waals surface area contributed by atoms with E-state index in [-0.39, 0.29) is 30.4 Å². The molecule has 2 N–H and O–H groups in total. The quantitative estimate of drug-likeness (QED) is 0.154. The van der Waals surface area contributed by atoms with Gasteiger partial charge in [0, 0.05) is 31.2 Å². The average Bonchev–Trinajstić information content (AvgIpc) is 3.88. The van der Waals surface area contributed by atoms with Gasteiger partial charge in [-0.25, -0.2) is 18.0 Å². The molecule has 242 valence electrons. The predicted molar refractivity (Wildman–Crippen MR) is 163 cm³/mol. The first kappa shape index (κ1) is 31.6. The number of hydrogen-bond acceptors (Lipinski definition) is 4. The molecular weight excluding hydrogens is 602 g/mol. The van der Waals surface area contributed by atoms with Gasteiger partial charge in [0.05, 0.1) is 18.7 Å². The van der Waals surface area contributed by atoms with E-state index in [9.17, 15) is 32.3 Å². The van der Waals surface area contributed by atoms with Crippen molar-refractivity contribution in [2.75, 3.05) is 26.2 Å². The zero-order valence-electron chi connectivity index (χ0n) is 25.2. The number of rotatable bonds is 11. The van der Waals surface area contributed by atoms with Crippen LogP contribution >= 0.6 is 0 Å². The number of nitrogens with one attached hydrogen (secondary N) is 1. The van der Waals surface area contributed by atoms with Crippen molar-refractivity contribution < 1.29 is 37.0 Å². The first-order valence-corrected chi connectivity index (χ1v) is 15.6. The highest BCUT2D eigenvalue weighted by Crippen LogP contribution is 2.39. The van der Waals surface area contributed by atoms with Crippen LogP contribution in [0.4, 0.5) is 22.4 Å². The van der Waals surface area contributed by atoms with Crippen LogP contribution in [0.25, 0.3) is 5.57 Å². The second kappa shape index (κ2) is 13.5. The summed E-state index contributed by atoms with van der Waals surface area (Å²) in [7, 11) is 0. The van der Waals surface area contributed by atoms with Gasteiger partial charge in [-0.15, -0.1) is 0 Å². The molecule has 3 aliphatic rings. The number of ether oxygens (including phenoxy) is 1. The van der Waals surface area contributed by atoms with Crippen LogP contribution in [-0.2, 0) is 17.6 Å². The minimum atomic E-state index is -1.35. The Bertz CT molecular complexity index is 1630. The number of carboxylic acid groups (broad SMARTS) is 1. The molecule has 7 nitrogen and oxygen atoms in total. The van der Waals surface area contributed by atoms with Crippen LogP contribution in [0, 0.1) is 23.3 Å². The van der Waals surface area contributed by atoms with Gasteiger partial charge in [-0.05, 0) is 85.1 Å². The highest BCUT2D eigenvalue weighted by molar-refractivity contribution is 6.04. The molecule has 6 rings (SSSR count). The molecule has 2 atom stereocenters. The molecule has 46 heavy (non-hydrogen) atoms. The van der Waals surface area contributed by atoms with Crippen molar-refractivity contribution in [3.63, 3.8) is 0 Å². The number of amides is 2. The van der Waals surface area contributed by atoms with Crippen molar-refractivity contribution in [1.82, 2.24) is 15.1 Å². The van der Waals surface area contributed by atoms with Crippen LogP contribution < -0.4 is 10.1 Å². The van der Waals surface area contributed by atoms with E-state index in [1.165, 1.54) is 17.0 Å². The molecule has 3 aromatic rings. The van der Waals surface area contributed by atoms with Crippen molar-refractivity contribution in [3.05, 3.63) is 106 Å². The first-order valence-electron chi connectivity index (χ1n) is 15.6. The second-order valence-electron chi connectivity index (χ2n) is 12.0. The van der Waals surface area contributed by atoms with Gasteiger partial charge in [-0.2, -0.15) is 4.39 Å². The fraction of sp³-hybridized carbons (Fsp3) is 0.371. The Hall–Kier alpha value is -4.38. The van der Waals surface area contributed by atoms with Gasteiger partial charge in [0.15, 0.2) is 17.4 Å². The lowest BCUT2D eigenvalue weighted by molar-refractivity contribution is -0.128. The Morgan fingerprint density at radius 1 is 0.891 bits per heavy atom. The summed E-state index contributed by atoms with van der Waals surface area (Å²) in [6.07, 6.45) is 2.59. The lowest BCUT2D eigenvalue weighted by Gasteiger charge is -2.47. The maximum Gasteiger partial charge on any atom is 0.408 e. The van der Waals surface area contributed by atoms with Crippen LogP contribution in [0.3, 0.4) is 0 Å². The number of nitrogens with zero attached hydrogens (tertiary/aromatic N) is 2. The van der Waals surface area contributed by atoms with Gasteiger partial charge in [-0.3, -0.25) is 9.69 Å². The molecule has 2 bridgehead atoms. The van der Waals surface area contributed by atoms with Crippen molar-refractivity contribution in [1.29, 1.82) is 0 Å². The van der Waals surface area contributed by atoms with E-state index in [0.717, 1.165) is 41.2 Å². The van der Waals surface area contributed by atoms with Gasteiger partial charge in [0.25, 0.3) is 5.91 Å². The molecule has 0 aromatic heterocycles. The fourth-order valence-electron chi connectivity index (χ4n) is 6.49. The largest absolute Gasteiger partial charge is 0.488 e. The molecule has 1 saturated heterocycles. The Morgan fingerprint density at radius 2 is 1.57 bits per heavy atom. The SMILES string of the molecule is O=C(C1=C(c2ccc(CCCOc3c(F)ccc(F)c3F)cc2)C[C@@H]2CNC[C@H]1N2C(=O)O)N(CCc1ccc(F)cc1)C1CC1. The highest BCUT2D eigenvalue weighted by Gasteiger charge is 2.46.